The van der Waals surface area contributed by atoms with Crippen molar-refractivity contribution < 1.29 is 9.90 Å². The van der Waals surface area contributed by atoms with E-state index < -0.39 is 5.97 Å². The Hall–Kier alpha value is -0.280. The van der Waals surface area contributed by atoms with Crippen molar-refractivity contribution in [3.8, 4) is 0 Å². The molecule has 0 aromatic heterocycles. The number of carboxylic acids is 1. The molecule has 0 aromatic rings. The number of hydrogen-bond acceptors (Lipinski definition) is 2. The summed E-state index contributed by atoms with van der Waals surface area (Å²) in [6.45, 7) is 1.23. The summed E-state index contributed by atoms with van der Waals surface area (Å²) in [4.78, 5) is 12.6. The fourth-order valence-corrected chi connectivity index (χ4v) is 2.65. The average molecular weight is 336 g/mol. The second-order valence-corrected chi connectivity index (χ2v) is 6.54. The van der Waals surface area contributed by atoms with Gasteiger partial charge in [-0.2, -0.15) is 0 Å². The van der Waals surface area contributed by atoms with E-state index in [1.165, 1.54) is 77.2 Å². The van der Waals surface area contributed by atoms with Crippen molar-refractivity contribution in [3.63, 3.8) is 0 Å². The van der Waals surface area contributed by atoms with Crippen molar-refractivity contribution in [1.29, 1.82) is 0 Å². The van der Waals surface area contributed by atoms with Gasteiger partial charge in [-0.25, -0.2) is 0 Å². The highest BCUT2D eigenvalue weighted by Crippen LogP contribution is 2.12. The van der Waals surface area contributed by atoms with E-state index in [1.54, 1.807) is 0 Å². The molecule has 4 heteroatoms. The second-order valence-electron chi connectivity index (χ2n) is 6.54. The Morgan fingerprint density at radius 3 is 1.32 bits per heavy atom. The zero-order valence-corrected chi connectivity index (χ0v) is 15.6. The molecule has 0 heterocycles. The molecule has 0 amide bonds. The fraction of sp³-hybridized carbons (Fsp3) is 0.944. The van der Waals surface area contributed by atoms with Crippen LogP contribution in [0.5, 0.6) is 0 Å². The van der Waals surface area contributed by atoms with Gasteiger partial charge in [0.1, 0.15) is 0 Å². The minimum Gasteiger partial charge on any atom is -0.481 e. The Balaban J connectivity index is 0. The summed E-state index contributed by atoms with van der Waals surface area (Å²) in [5.74, 6) is -0.656. The molecule has 0 aliphatic carbocycles. The molecule has 0 aliphatic heterocycles. The van der Waals surface area contributed by atoms with Crippen LogP contribution < -0.4 is 0 Å². The van der Waals surface area contributed by atoms with Crippen LogP contribution in [0.25, 0.3) is 0 Å². The summed E-state index contributed by atoms with van der Waals surface area (Å²) in [7, 11) is 4.29. The Bertz CT molecular complexity index is 235. The molecule has 1 N–H and O–H groups in total. The van der Waals surface area contributed by atoms with E-state index in [0.717, 1.165) is 12.8 Å². The first-order chi connectivity index (χ1) is 10.1. The van der Waals surface area contributed by atoms with E-state index in [0.29, 0.717) is 6.42 Å². The van der Waals surface area contributed by atoms with Crippen LogP contribution in [0, 0.1) is 0 Å². The molecule has 0 spiro atoms. The van der Waals surface area contributed by atoms with Gasteiger partial charge in [-0.3, -0.25) is 4.79 Å². The van der Waals surface area contributed by atoms with Gasteiger partial charge in [0.05, 0.1) is 0 Å². The van der Waals surface area contributed by atoms with Crippen molar-refractivity contribution in [2.24, 2.45) is 0 Å². The number of unbranched alkanes of at least 4 members (excludes halogenated alkanes) is 12. The first kappa shape index (κ1) is 24.0. The largest absolute Gasteiger partial charge is 0.481 e. The number of rotatable bonds is 16. The van der Waals surface area contributed by atoms with Gasteiger partial charge in [0, 0.05) is 6.42 Å². The Labute approximate surface area is 144 Å². The third kappa shape index (κ3) is 22.0. The lowest BCUT2D eigenvalue weighted by molar-refractivity contribution is -0.137. The minimum atomic E-state index is -0.656. The first-order valence-electron chi connectivity index (χ1n) is 8.99. The quantitative estimate of drug-likeness (QED) is 0.378. The van der Waals surface area contributed by atoms with E-state index in [9.17, 15) is 4.79 Å². The van der Waals surface area contributed by atoms with Gasteiger partial charge in [0.25, 0.3) is 0 Å². The number of hydrogen-bond donors (Lipinski definition) is 1. The molecule has 134 valence electrons. The molecule has 0 rings (SSSR count). The molecule has 0 atom stereocenters. The maximum absolute atomic E-state index is 10.3. The topological polar surface area (TPSA) is 40.5 Å². The molecule has 0 fully saturated rings. The number of halogens is 1. The summed E-state index contributed by atoms with van der Waals surface area (Å²) in [5.41, 5.74) is 0. The van der Waals surface area contributed by atoms with Crippen LogP contribution in [0.3, 0.4) is 0 Å². The maximum atomic E-state index is 10.3. The van der Waals surface area contributed by atoms with Gasteiger partial charge in [-0.15, -0.1) is 12.4 Å². The SMILES string of the molecule is CN(C)CCCCCCCCCCCCCCCC(=O)O.Cl. The van der Waals surface area contributed by atoms with E-state index >= 15 is 0 Å². The molecule has 0 unspecified atom stereocenters. The smallest absolute Gasteiger partial charge is 0.303 e. The molecule has 0 aliphatic rings. The zero-order valence-electron chi connectivity index (χ0n) is 14.8. The van der Waals surface area contributed by atoms with Crippen molar-refractivity contribution >= 4 is 18.4 Å². The van der Waals surface area contributed by atoms with Crippen LogP contribution in [0.1, 0.15) is 89.9 Å². The maximum Gasteiger partial charge on any atom is 0.303 e. The molecular weight excluding hydrogens is 298 g/mol. The summed E-state index contributed by atoms with van der Waals surface area (Å²) < 4.78 is 0. The number of carbonyl (C=O) groups is 1. The summed E-state index contributed by atoms with van der Waals surface area (Å²) in [5, 5.41) is 8.53. The number of aliphatic carboxylic acids is 1. The zero-order chi connectivity index (χ0) is 15.8. The van der Waals surface area contributed by atoms with Crippen molar-refractivity contribution in [2.45, 2.75) is 89.9 Å². The number of nitrogens with zero attached hydrogens (tertiary/aromatic N) is 1. The standard InChI is InChI=1S/C18H37NO2.ClH/c1-19(2)17-15-13-11-9-7-5-3-4-6-8-10-12-14-16-18(20)21;/h3-17H2,1-2H3,(H,20,21);1H. The highest BCUT2D eigenvalue weighted by molar-refractivity contribution is 5.85. The van der Waals surface area contributed by atoms with E-state index in [1.807, 2.05) is 0 Å². The van der Waals surface area contributed by atoms with Crippen LogP contribution in [0.2, 0.25) is 0 Å². The predicted molar refractivity (Wildman–Crippen MR) is 98.1 cm³/mol. The summed E-state index contributed by atoms with van der Waals surface area (Å²) in [6, 6.07) is 0. The lowest BCUT2D eigenvalue weighted by atomic mass is 10.0. The normalized spacial score (nSPS) is 10.7. The predicted octanol–water partition coefficient (Wildman–Crippen LogP) is 5.52. The molecule has 0 bridgehead atoms. The molecule has 22 heavy (non-hydrogen) atoms. The first-order valence-corrected chi connectivity index (χ1v) is 8.99. The molecule has 0 saturated heterocycles. The van der Waals surface area contributed by atoms with Crippen LogP contribution in [-0.2, 0) is 4.79 Å². The summed E-state index contributed by atoms with van der Waals surface area (Å²) in [6.07, 6.45) is 17.2. The lowest BCUT2D eigenvalue weighted by Crippen LogP contribution is -2.12. The van der Waals surface area contributed by atoms with E-state index in [4.69, 9.17) is 5.11 Å². The third-order valence-corrected chi connectivity index (χ3v) is 4.00. The highest BCUT2D eigenvalue weighted by Gasteiger charge is 1.97. The van der Waals surface area contributed by atoms with Crippen molar-refractivity contribution in [2.75, 3.05) is 20.6 Å². The molecule has 0 radical (unpaired) electrons. The van der Waals surface area contributed by atoms with Gasteiger partial charge >= 0.3 is 5.97 Å². The molecule has 0 aromatic carbocycles. The monoisotopic (exact) mass is 335 g/mol. The van der Waals surface area contributed by atoms with Crippen LogP contribution in [0.4, 0.5) is 0 Å². The van der Waals surface area contributed by atoms with Crippen molar-refractivity contribution in [1.82, 2.24) is 4.90 Å². The van der Waals surface area contributed by atoms with Gasteiger partial charge in [0.2, 0.25) is 0 Å². The number of carboxylic acid groups (broad SMARTS) is 1. The van der Waals surface area contributed by atoms with Crippen LogP contribution >= 0.6 is 12.4 Å². The van der Waals surface area contributed by atoms with E-state index in [-0.39, 0.29) is 12.4 Å². The molecular formula is C18H38ClNO2. The van der Waals surface area contributed by atoms with Crippen molar-refractivity contribution in [3.05, 3.63) is 0 Å². The van der Waals surface area contributed by atoms with Gasteiger partial charge in [-0.05, 0) is 33.5 Å². The lowest BCUT2D eigenvalue weighted by Gasteiger charge is -2.08. The van der Waals surface area contributed by atoms with Crippen LogP contribution in [0.15, 0.2) is 0 Å². The second kappa shape index (κ2) is 18.8. The third-order valence-electron chi connectivity index (χ3n) is 4.00. The fourth-order valence-electron chi connectivity index (χ4n) is 2.65. The summed E-state index contributed by atoms with van der Waals surface area (Å²) >= 11 is 0. The van der Waals surface area contributed by atoms with E-state index in [2.05, 4.69) is 19.0 Å². The molecule has 3 nitrogen and oxygen atoms in total. The Morgan fingerprint density at radius 2 is 1.00 bits per heavy atom. The van der Waals surface area contributed by atoms with Gasteiger partial charge < -0.3 is 10.0 Å². The van der Waals surface area contributed by atoms with Gasteiger partial charge in [-0.1, -0.05) is 70.6 Å². The molecule has 0 saturated carbocycles. The Kier molecular flexibility index (Phi) is 20.5. The average Bonchev–Trinajstić information content (AvgIpc) is 2.42. The highest BCUT2D eigenvalue weighted by atomic mass is 35.5. The minimum absolute atomic E-state index is 0. The van der Waals surface area contributed by atoms with Crippen LogP contribution in [-0.4, -0.2) is 36.6 Å². The Morgan fingerprint density at radius 1 is 0.682 bits per heavy atom. The van der Waals surface area contributed by atoms with Gasteiger partial charge in [0.15, 0.2) is 0 Å².